The molecule has 0 aliphatic carbocycles. The van der Waals surface area contributed by atoms with Gasteiger partial charge in [0.15, 0.2) is 6.61 Å². The number of carbonyl (C=O) groups excluding carboxylic acids is 2. The molecule has 0 spiro atoms. The molecule has 3 rings (SSSR count). The van der Waals surface area contributed by atoms with Crippen LogP contribution in [0.25, 0.3) is 11.0 Å². The quantitative estimate of drug-likeness (QED) is 0.623. The van der Waals surface area contributed by atoms with Crippen LogP contribution in [0.2, 0.25) is 5.02 Å². The first-order chi connectivity index (χ1) is 12.0. The van der Waals surface area contributed by atoms with Crippen molar-refractivity contribution in [1.82, 2.24) is 4.90 Å². The summed E-state index contributed by atoms with van der Waals surface area (Å²) >= 11 is 7.54. The van der Waals surface area contributed by atoms with Crippen LogP contribution in [0.4, 0.5) is 0 Å². The molecule has 2 aromatic heterocycles. The second-order valence-electron chi connectivity index (χ2n) is 5.60. The van der Waals surface area contributed by atoms with E-state index in [0.29, 0.717) is 22.7 Å². The molecule has 0 aliphatic rings. The summed E-state index contributed by atoms with van der Waals surface area (Å²) in [7, 11) is 1.67. The Bertz CT molecular complexity index is 917. The maximum Gasteiger partial charge on any atom is 0.375 e. The van der Waals surface area contributed by atoms with Crippen LogP contribution in [0, 0.1) is 6.92 Å². The van der Waals surface area contributed by atoms with Crippen LogP contribution >= 0.6 is 22.9 Å². The zero-order valence-electron chi connectivity index (χ0n) is 13.7. The van der Waals surface area contributed by atoms with Gasteiger partial charge in [0.1, 0.15) is 5.58 Å². The van der Waals surface area contributed by atoms with Gasteiger partial charge in [0.2, 0.25) is 5.76 Å². The molecule has 0 radical (unpaired) electrons. The lowest BCUT2D eigenvalue weighted by Gasteiger charge is -2.15. The molecule has 0 saturated heterocycles. The number of furan rings is 1. The number of likely N-dealkylation sites (N-methyl/N-ethyl adjacent to an activating group) is 1. The monoisotopic (exact) mass is 377 g/mol. The lowest BCUT2D eigenvalue weighted by atomic mass is 10.1. The van der Waals surface area contributed by atoms with E-state index in [1.165, 1.54) is 4.90 Å². The number of benzene rings is 1. The number of aryl methyl sites for hydroxylation is 1. The molecule has 1 amide bonds. The van der Waals surface area contributed by atoms with Crippen molar-refractivity contribution >= 4 is 45.8 Å². The molecule has 0 atom stereocenters. The molecule has 0 fully saturated rings. The average Bonchev–Trinajstić information content (AvgIpc) is 3.21. The van der Waals surface area contributed by atoms with Crippen molar-refractivity contribution in [3.05, 3.63) is 56.9 Å². The van der Waals surface area contributed by atoms with Crippen LogP contribution in [-0.2, 0) is 16.1 Å². The number of amides is 1. The fourth-order valence-electron chi connectivity index (χ4n) is 2.42. The van der Waals surface area contributed by atoms with Gasteiger partial charge in [0.05, 0.1) is 6.54 Å². The van der Waals surface area contributed by atoms with E-state index in [9.17, 15) is 9.59 Å². The highest BCUT2D eigenvalue weighted by molar-refractivity contribution is 7.09. The number of nitrogens with zero attached hydrogens (tertiary/aromatic N) is 1. The Kier molecular flexibility index (Phi) is 5.11. The Balaban J connectivity index is 1.64. The van der Waals surface area contributed by atoms with E-state index in [0.717, 1.165) is 10.3 Å². The maximum atomic E-state index is 12.2. The molecule has 130 valence electrons. The van der Waals surface area contributed by atoms with Crippen LogP contribution in [0.3, 0.4) is 0 Å². The van der Waals surface area contributed by atoms with Crippen LogP contribution < -0.4 is 0 Å². The number of thiophene rings is 1. The largest absolute Gasteiger partial charge is 0.450 e. The third kappa shape index (κ3) is 3.86. The number of esters is 1. The van der Waals surface area contributed by atoms with E-state index in [-0.39, 0.29) is 18.3 Å². The molecule has 7 heteroatoms. The molecule has 5 nitrogen and oxygen atoms in total. The van der Waals surface area contributed by atoms with Gasteiger partial charge in [0, 0.05) is 27.9 Å². The standard InChI is InChI=1S/C18H16ClNO4S/c1-11-14-8-12(19)5-6-15(14)24-17(11)18(22)23-10-16(21)20(2)9-13-4-3-7-25-13/h3-8H,9-10H2,1-2H3. The number of halogens is 1. The summed E-state index contributed by atoms with van der Waals surface area (Å²) in [6.07, 6.45) is 0. The Morgan fingerprint density at radius 3 is 2.84 bits per heavy atom. The molecular formula is C18H16ClNO4S. The highest BCUT2D eigenvalue weighted by Gasteiger charge is 2.21. The summed E-state index contributed by atoms with van der Waals surface area (Å²) in [4.78, 5) is 26.9. The summed E-state index contributed by atoms with van der Waals surface area (Å²) in [5, 5.41) is 3.26. The van der Waals surface area contributed by atoms with Crippen LogP contribution in [-0.4, -0.2) is 30.4 Å². The minimum atomic E-state index is -0.664. The van der Waals surface area contributed by atoms with E-state index in [2.05, 4.69) is 0 Å². The second kappa shape index (κ2) is 7.29. The molecule has 25 heavy (non-hydrogen) atoms. The first kappa shape index (κ1) is 17.5. The Hall–Kier alpha value is -2.31. The van der Waals surface area contributed by atoms with E-state index in [4.69, 9.17) is 20.8 Å². The smallest absolute Gasteiger partial charge is 0.375 e. The van der Waals surface area contributed by atoms with Crippen LogP contribution in [0.15, 0.2) is 40.1 Å². The number of fused-ring (bicyclic) bond motifs is 1. The third-order valence-electron chi connectivity index (χ3n) is 3.81. The van der Waals surface area contributed by atoms with Crippen molar-refractivity contribution in [2.24, 2.45) is 0 Å². The fourth-order valence-corrected chi connectivity index (χ4v) is 3.34. The van der Waals surface area contributed by atoms with Crippen LogP contribution in [0.5, 0.6) is 0 Å². The van der Waals surface area contributed by atoms with Gasteiger partial charge in [0.25, 0.3) is 5.91 Å². The van der Waals surface area contributed by atoms with Gasteiger partial charge in [-0.15, -0.1) is 11.3 Å². The molecule has 0 bridgehead atoms. The van der Waals surface area contributed by atoms with E-state index >= 15 is 0 Å². The second-order valence-corrected chi connectivity index (χ2v) is 7.07. The van der Waals surface area contributed by atoms with Crippen molar-refractivity contribution in [3.63, 3.8) is 0 Å². The van der Waals surface area contributed by atoms with E-state index in [1.54, 1.807) is 43.5 Å². The van der Waals surface area contributed by atoms with Gasteiger partial charge in [-0.1, -0.05) is 17.7 Å². The summed E-state index contributed by atoms with van der Waals surface area (Å²) in [5.74, 6) is -0.854. The van der Waals surface area contributed by atoms with Gasteiger partial charge in [-0.05, 0) is 36.6 Å². The van der Waals surface area contributed by atoms with E-state index in [1.807, 2.05) is 17.5 Å². The minimum Gasteiger partial charge on any atom is -0.450 e. The summed E-state index contributed by atoms with van der Waals surface area (Å²) in [6, 6.07) is 8.98. The first-order valence-electron chi connectivity index (χ1n) is 7.58. The highest BCUT2D eigenvalue weighted by atomic mass is 35.5. The van der Waals surface area contributed by atoms with Crippen molar-refractivity contribution in [1.29, 1.82) is 0 Å². The molecular weight excluding hydrogens is 362 g/mol. The van der Waals surface area contributed by atoms with Gasteiger partial charge in [-0.2, -0.15) is 0 Å². The molecule has 0 saturated carbocycles. The zero-order chi connectivity index (χ0) is 18.0. The fraction of sp³-hybridized carbons (Fsp3) is 0.222. The van der Waals surface area contributed by atoms with Gasteiger partial charge in [-0.3, -0.25) is 4.79 Å². The van der Waals surface area contributed by atoms with Gasteiger partial charge < -0.3 is 14.1 Å². The molecule has 1 aromatic carbocycles. The molecule has 0 N–H and O–H groups in total. The molecule has 3 aromatic rings. The normalized spacial score (nSPS) is 10.8. The highest BCUT2D eigenvalue weighted by Crippen LogP contribution is 2.28. The molecule has 0 unspecified atom stereocenters. The number of hydrogen-bond acceptors (Lipinski definition) is 5. The predicted molar refractivity (Wildman–Crippen MR) is 97.0 cm³/mol. The third-order valence-corrected chi connectivity index (χ3v) is 4.91. The Morgan fingerprint density at radius 2 is 2.12 bits per heavy atom. The van der Waals surface area contributed by atoms with Crippen molar-refractivity contribution < 1.29 is 18.7 Å². The van der Waals surface area contributed by atoms with E-state index < -0.39 is 5.97 Å². The maximum absolute atomic E-state index is 12.2. The Morgan fingerprint density at radius 1 is 1.32 bits per heavy atom. The van der Waals surface area contributed by atoms with Crippen LogP contribution in [0.1, 0.15) is 21.0 Å². The van der Waals surface area contributed by atoms with Crippen molar-refractivity contribution in [2.75, 3.05) is 13.7 Å². The number of carbonyl (C=O) groups is 2. The van der Waals surface area contributed by atoms with Crippen molar-refractivity contribution in [3.8, 4) is 0 Å². The summed E-state index contributed by atoms with van der Waals surface area (Å²) in [6.45, 7) is 1.90. The topological polar surface area (TPSA) is 59.8 Å². The van der Waals surface area contributed by atoms with Crippen molar-refractivity contribution in [2.45, 2.75) is 13.5 Å². The Labute approximate surface area is 153 Å². The number of rotatable bonds is 5. The lowest BCUT2D eigenvalue weighted by molar-refractivity contribution is -0.133. The number of ether oxygens (including phenoxy) is 1. The SMILES string of the molecule is Cc1c(C(=O)OCC(=O)N(C)Cc2cccs2)oc2ccc(Cl)cc12. The summed E-state index contributed by atoms with van der Waals surface area (Å²) < 4.78 is 10.7. The molecule has 2 heterocycles. The van der Waals surface area contributed by atoms with Gasteiger partial charge in [-0.25, -0.2) is 4.79 Å². The zero-order valence-corrected chi connectivity index (χ0v) is 15.3. The lowest BCUT2D eigenvalue weighted by Crippen LogP contribution is -2.30. The minimum absolute atomic E-state index is 0.0889. The predicted octanol–water partition coefficient (Wildman–Crippen LogP) is 4.27. The van der Waals surface area contributed by atoms with Gasteiger partial charge >= 0.3 is 5.97 Å². The summed E-state index contributed by atoms with van der Waals surface area (Å²) in [5.41, 5.74) is 1.19. The number of hydrogen-bond donors (Lipinski definition) is 0. The first-order valence-corrected chi connectivity index (χ1v) is 8.83. The average molecular weight is 378 g/mol. The molecule has 0 aliphatic heterocycles.